The number of carbonyl (C=O) groups is 1. The number of aromatic nitrogens is 1. The van der Waals surface area contributed by atoms with E-state index in [0.29, 0.717) is 11.4 Å². The van der Waals surface area contributed by atoms with Gasteiger partial charge >= 0.3 is 0 Å². The molecule has 0 radical (unpaired) electrons. The van der Waals surface area contributed by atoms with E-state index in [2.05, 4.69) is 10.3 Å². The summed E-state index contributed by atoms with van der Waals surface area (Å²) in [7, 11) is 1.54. The van der Waals surface area contributed by atoms with Gasteiger partial charge in [-0.2, -0.15) is 0 Å². The van der Waals surface area contributed by atoms with Gasteiger partial charge in [0.2, 0.25) is 5.88 Å². The van der Waals surface area contributed by atoms with Crippen LogP contribution < -0.4 is 14.8 Å². The molecule has 5 nitrogen and oxygen atoms in total. The molecule has 1 atom stereocenters. The van der Waals surface area contributed by atoms with E-state index in [1.54, 1.807) is 12.1 Å². The molecule has 1 N–H and O–H groups in total. The van der Waals surface area contributed by atoms with Gasteiger partial charge in [0.15, 0.2) is 0 Å². The Hall–Kier alpha value is -2.56. The number of carbonyl (C=O) groups excluding carboxylic acids is 1. The average molecular weight is 314 g/mol. The maximum Gasteiger partial charge on any atom is 0.253 e. The summed E-state index contributed by atoms with van der Waals surface area (Å²) < 4.78 is 10.6. The largest absolute Gasteiger partial charge is 0.491 e. The lowest BCUT2D eigenvalue weighted by molar-refractivity contribution is 0.0939. The van der Waals surface area contributed by atoms with Gasteiger partial charge in [0.05, 0.1) is 24.8 Å². The van der Waals surface area contributed by atoms with Crippen molar-refractivity contribution in [2.24, 2.45) is 0 Å². The van der Waals surface area contributed by atoms with Crippen LogP contribution in [0.25, 0.3) is 0 Å². The van der Waals surface area contributed by atoms with E-state index in [1.807, 2.05) is 45.0 Å². The summed E-state index contributed by atoms with van der Waals surface area (Å²) in [6, 6.07) is 11.0. The molecular formula is C18H22N2O3. The van der Waals surface area contributed by atoms with E-state index >= 15 is 0 Å². The highest BCUT2D eigenvalue weighted by Gasteiger charge is 2.12. The molecule has 23 heavy (non-hydrogen) atoms. The first-order valence-electron chi connectivity index (χ1n) is 7.57. The van der Waals surface area contributed by atoms with Crippen molar-refractivity contribution in [2.75, 3.05) is 7.11 Å². The Balaban J connectivity index is 1.99. The first-order chi connectivity index (χ1) is 11.0. The fourth-order valence-corrected chi connectivity index (χ4v) is 2.11. The minimum absolute atomic E-state index is 0.113. The first-order valence-corrected chi connectivity index (χ1v) is 7.57. The zero-order chi connectivity index (χ0) is 16.8. The molecule has 0 fully saturated rings. The Kier molecular flexibility index (Phi) is 5.57. The number of hydrogen-bond acceptors (Lipinski definition) is 4. The summed E-state index contributed by atoms with van der Waals surface area (Å²) in [5.41, 5.74) is 1.51. The molecule has 0 saturated heterocycles. The van der Waals surface area contributed by atoms with Crippen LogP contribution >= 0.6 is 0 Å². The molecule has 1 amide bonds. The fraction of sp³-hybridized carbons (Fsp3) is 0.333. The van der Waals surface area contributed by atoms with Gasteiger partial charge < -0.3 is 14.8 Å². The van der Waals surface area contributed by atoms with Crippen LogP contribution in [0, 0.1) is 0 Å². The van der Waals surface area contributed by atoms with Crippen LogP contribution in [-0.2, 0) is 0 Å². The van der Waals surface area contributed by atoms with Gasteiger partial charge in [0, 0.05) is 12.3 Å². The van der Waals surface area contributed by atoms with Gasteiger partial charge in [0.1, 0.15) is 5.75 Å². The number of rotatable bonds is 6. The fourth-order valence-electron chi connectivity index (χ4n) is 2.11. The number of hydrogen-bond donors (Lipinski definition) is 1. The van der Waals surface area contributed by atoms with E-state index in [-0.39, 0.29) is 18.1 Å². The van der Waals surface area contributed by atoms with Crippen molar-refractivity contribution < 1.29 is 14.3 Å². The highest BCUT2D eigenvalue weighted by Crippen LogP contribution is 2.19. The number of ether oxygens (including phenoxy) is 2. The van der Waals surface area contributed by atoms with Crippen molar-refractivity contribution in [1.29, 1.82) is 0 Å². The van der Waals surface area contributed by atoms with Crippen LogP contribution in [0.3, 0.4) is 0 Å². The Morgan fingerprint density at radius 1 is 1.09 bits per heavy atom. The Bertz CT molecular complexity index is 636. The summed E-state index contributed by atoms with van der Waals surface area (Å²) in [4.78, 5) is 16.3. The van der Waals surface area contributed by atoms with Crippen molar-refractivity contribution >= 4 is 5.91 Å². The predicted molar refractivity (Wildman–Crippen MR) is 88.9 cm³/mol. The topological polar surface area (TPSA) is 60.5 Å². The second-order valence-electron chi connectivity index (χ2n) is 5.52. The molecule has 1 heterocycles. The molecule has 5 heteroatoms. The lowest BCUT2D eigenvalue weighted by atomic mass is 10.1. The lowest BCUT2D eigenvalue weighted by Gasteiger charge is -2.16. The summed E-state index contributed by atoms with van der Waals surface area (Å²) in [5, 5.41) is 2.95. The number of amides is 1. The van der Waals surface area contributed by atoms with Crippen LogP contribution in [-0.4, -0.2) is 24.1 Å². The minimum atomic E-state index is -0.171. The molecule has 1 unspecified atom stereocenters. The highest BCUT2D eigenvalue weighted by molar-refractivity contribution is 5.94. The quantitative estimate of drug-likeness (QED) is 0.888. The molecular weight excluding hydrogens is 292 g/mol. The SMILES string of the molecule is COc1ccc(C(=O)NC(C)c2ccc(OC(C)C)cc2)cn1. The maximum absolute atomic E-state index is 12.2. The summed E-state index contributed by atoms with van der Waals surface area (Å²) >= 11 is 0. The van der Waals surface area contributed by atoms with Crippen LogP contribution in [0.4, 0.5) is 0 Å². The number of pyridine rings is 1. The Morgan fingerprint density at radius 3 is 2.30 bits per heavy atom. The Labute approximate surface area is 136 Å². The van der Waals surface area contributed by atoms with Crippen LogP contribution in [0.15, 0.2) is 42.6 Å². The lowest BCUT2D eigenvalue weighted by Crippen LogP contribution is -2.26. The van der Waals surface area contributed by atoms with Gasteiger partial charge in [0.25, 0.3) is 5.91 Å². The summed E-state index contributed by atoms with van der Waals surface area (Å²) in [6.07, 6.45) is 1.64. The number of benzene rings is 1. The number of nitrogens with one attached hydrogen (secondary N) is 1. The molecule has 0 aliphatic heterocycles. The molecule has 0 aliphatic rings. The van der Waals surface area contributed by atoms with Gasteiger partial charge in [-0.1, -0.05) is 12.1 Å². The van der Waals surface area contributed by atoms with Gasteiger partial charge in [-0.3, -0.25) is 4.79 Å². The van der Waals surface area contributed by atoms with Crippen molar-refractivity contribution in [1.82, 2.24) is 10.3 Å². The van der Waals surface area contributed by atoms with E-state index in [1.165, 1.54) is 13.3 Å². The third-order valence-electron chi connectivity index (χ3n) is 3.31. The van der Waals surface area contributed by atoms with Gasteiger partial charge in [-0.25, -0.2) is 4.98 Å². The molecule has 2 rings (SSSR count). The molecule has 0 spiro atoms. The van der Waals surface area contributed by atoms with Crippen molar-refractivity contribution in [3.05, 3.63) is 53.7 Å². The second kappa shape index (κ2) is 7.63. The molecule has 122 valence electrons. The van der Waals surface area contributed by atoms with Crippen molar-refractivity contribution in [3.63, 3.8) is 0 Å². The van der Waals surface area contributed by atoms with Gasteiger partial charge in [-0.05, 0) is 44.5 Å². The zero-order valence-electron chi connectivity index (χ0n) is 13.9. The van der Waals surface area contributed by atoms with Crippen LogP contribution in [0.1, 0.15) is 42.7 Å². The molecule has 1 aromatic heterocycles. The first kappa shape index (κ1) is 16.8. The molecule has 0 aliphatic carbocycles. The summed E-state index contributed by atoms with van der Waals surface area (Å²) in [5.74, 6) is 1.13. The van der Waals surface area contributed by atoms with E-state index in [4.69, 9.17) is 9.47 Å². The van der Waals surface area contributed by atoms with E-state index in [9.17, 15) is 4.79 Å². The van der Waals surface area contributed by atoms with E-state index in [0.717, 1.165) is 11.3 Å². The molecule has 0 bridgehead atoms. The smallest absolute Gasteiger partial charge is 0.253 e. The van der Waals surface area contributed by atoms with Crippen molar-refractivity contribution in [3.8, 4) is 11.6 Å². The zero-order valence-corrected chi connectivity index (χ0v) is 13.9. The Morgan fingerprint density at radius 2 is 1.78 bits per heavy atom. The van der Waals surface area contributed by atoms with Gasteiger partial charge in [-0.15, -0.1) is 0 Å². The number of nitrogens with zero attached hydrogens (tertiary/aromatic N) is 1. The standard InChI is InChI=1S/C18H22N2O3/c1-12(2)23-16-8-5-14(6-9-16)13(3)20-18(21)15-7-10-17(22-4)19-11-15/h5-13H,1-4H3,(H,20,21). The highest BCUT2D eigenvalue weighted by atomic mass is 16.5. The third kappa shape index (κ3) is 4.71. The minimum Gasteiger partial charge on any atom is -0.491 e. The second-order valence-corrected chi connectivity index (χ2v) is 5.52. The molecule has 2 aromatic rings. The molecule has 1 aromatic carbocycles. The third-order valence-corrected chi connectivity index (χ3v) is 3.31. The average Bonchev–Trinajstić information content (AvgIpc) is 2.55. The monoisotopic (exact) mass is 314 g/mol. The number of methoxy groups -OCH3 is 1. The van der Waals surface area contributed by atoms with E-state index < -0.39 is 0 Å². The van der Waals surface area contributed by atoms with Crippen LogP contribution in [0.5, 0.6) is 11.6 Å². The summed E-state index contributed by atoms with van der Waals surface area (Å²) in [6.45, 7) is 5.91. The van der Waals surface area contributed by atoms with Crippen molar-refractivity contribution in [2.45, 2.75) is 32.9 Å². The normalized spacial score (nSPS) is 11.9. The van der Waals surface area contributed by atoms with Crippen LogP contribution in [0.2, 0.25) is 0 Å². The predicted octanol–water partition coefficient (Wildman–Crippen LogP) is 3.37. The molecule has 0 saturated carbocycles. The maximum atomic E-state index is 12.2.